The first-order valence-corrected chi connectivity index (χ1v) is 6.37. The lowest BCUT2D eigenvalue weighted by molar-refractivity contribution is -0.131. The Balaban J connectivity index is 2.10. The highest BCUT2D eigenvalue weighted by atomic mass is 32.1. The van der Waals surface area contributed by atoms with Crippen molar-refractivity contribution in [2.24, 2.45) is 0 Å². The van der Waals surface area contributed by atoms with Gasteiger partial charge in [-0.3, -0.25) is 0 Å². The second kappa shape index (κ2) is 4.69. The monoisotopic (exact) mass is 275 g/mol. The molecule has 0 spiro atoms. The third-order valence-corrected chi connectivity index (χ3v) is 3.85. The number of nitriles is 1. The molecule has 1 fully saturated rings. The van der Waals surface area contributed by atoms with Crippen LogP contribution in [-0.2, 0) is 0 Å². The van der Waals surface area contributed by atoms with Crippen LogP contribution in [0.25, 0.3) is 0 Å². The summed E-state index contributed by atoms with van der Waals surface area (Å²) in [6, 6.07) is 1.98. The van der Waals surface area contributed by atoms with Crippen molar-refractivity contribution in [3.8, 4) is 6.07 Å². The Morgan fingerprint density at radius 1 is 1.44 bits per heavy atom. The second-order valence-electron chi connectivity index (χ2n) is 4.27. The zero-order valence-electron chi connectivity index (χ0n) is 9.47. The van der Waals surface area contributed by atoms with Gasteiger partial charge in [-0.1, -0.05) is 0 Å². The Labute approximate surface area is 106 Å². The molecule has 1 saturated carbocycles. The summed E-state index contributed by atoms with van der Waals surface area (Å²) in [5, 5.41) is 12.3. The van der Waals surface area contributed by atoms with Crippen molar-refractivity contribution in [1.29, 1.82) is 5.26 Å². The minimum absolute atomic E-state index is 0.186. The van der Waals surface area contributed by atoms with Gasteiger partial charge in [0.1, 0.15) is 10.9 Å². The van der Waals surface area contributed by atoms with Gasteiger partial charge in [0.2, 0.25) is 0 Å². The Kier molecular flexibility index (Phi) is 3.39. The van der Waals surface area contributed by atoms with E-state index in [9.17, 15) is 13.2 Å². The fraction of sp³-hybridized carbons (Fsp3) is 0.545. The van der Waals surface area contributed by atoms with E-state index in [-0.39, 0.29) is 6.54 Å². The van der Waals surface area contributed by atoms with Crippen LogP contribution in [0.2, 0.25) is 0 Å². The van der Waals surface area contributed by atoms with Crippen LogP contribution in [-0.4, -0.2) is 12.7 Å². The molecule has 0 bridgehead atoms. The molecule has 7 heteroatoms. The van der Waals surface area contributed by atoms with E-state index in [0.717, 1.165) is 29.7 Å². The minimum atomic E-state index is -4.17. The van der Waals surface area contributed by atoms with Crippen LogP contribution in [0.1, 0.15) is 35.6 Å². The number of thiophene rings is 1. The normalized spacial score (nSPS) is 15.4. The Bertz CT molecular complexity index is 483. The van der Waals surface area contributed by atoms with Crippen LogP contribution in [0.3, 0.4) is 0 Å². The van der Waals surface area contributed by atoms with Crippen LogP contribution in [0.15, 0.2) is 0 Å². The highest BCUT2D eigenvalue weighted by molar-refractivity contribution is 7.17. The average molecular weight is 275 g/mol. The number of rotatable bonds is 4. The number of hydrogen-bond donors (Lipinski definition) is 2. The number of nitrogen functional groups attached to an aromatic ring is 1. The van der Waals surface area contributed by atoms with E-state index < -0.39 is 12.6 Å². The average Bonchev–Trinajstić information content (AvgIpc) is 3.03. The van der Waals surface area contributed by atoms with Gasteiger partial charge in [-0.2, -0.15) is 18.4 Å². The summed E-state index contributed by atoms with van der Waals surface area (Å²) in [6.07, 6.45) is -3.09. The van der Waals surface area contributed by atoms with Gasteiger partial charge < -0.3 is 11.1 Å². The van der Waals surface area contributed by atoms with Crippen molar-refractivity contribution in [2.45, 2.75) is 31.4 Å². The molecule has 0 amide bonds. The standard InChI is InChI=1S/C11H12F3N3S/c12-11(13,14)3-4-17-10-8(6-1-2-6)9(16)7(5-15)18-10/h6,17H,1-4,16H2. The fourth-order valence-electron chi connectivity index (χ4n) is 1.77. The van der Waals surface area contributed by atoms with E-state index in [4.69, 9.17) is 11.0 Å². The third-order valence-electron chi connectivity index (χ3n) is 2.76. The molecular formula is C11H12F3N3S. The molecule has 0 aliphatic heterocycles. The molecule has 2 rings (SSSR count). The maximum Gasteiger partial charge on any atom is 0.390 e. The highest BCUT2D eigenvalue weighted by Gasteiger charge is 2.32. The van der Waals surface area contributed by atoms with Crippen LogP contribution in [0.4, 0.5) is 23.9 Å². The van der Waals surface area contributed by atoms with E-state index >= 15 is 0 Å². The van der Waals surface area contributed by atoms with Gasteiger partial charge >= 0.3 is 6.18 Å². The van der Waals surface area contributed by atoms with E-state index in [1.54, 1.807) is 0 Å². The van der Waals surface area contributed by atoms with Crippen molar-refractivity contribution in [1.82, 2.24) is 0 Å². The number of halogens is 3. The zero-order chi connectivity index (χ0) is 13.3. The summed E-state index contributed by atoms with van der Waals surface area (Å²) in [7, 11) is 0. The van der Waals surface area contributed by atoms with Gasteiger partial charge in [0.05, 0.1) is 17.1 Å². The fourth-order valence-corrected chi connectivity index (χ4v) is 2.80. The van der Waals surface area contributed by atoms with Gasteiger partial charge in [-0.25, -0.2) is 0 Å². The molecular weight excluding hydrogens is 263 g/mol. The quantitative estimate of drug-likeness (QED) is 0.884. The number of alkyl halides is 3. The molecule has 0 radical (unpaired) electrons. The molecule has 3 N–H and O–H groups in total. The molecule has 1 aromatic heterocycles. The van der Waals surface area contributed by atoms with E-state index in [1.807, 2.05) is 6.07 Å². The molecule has 3 nitrogen and oxygen atoms in total. The lowest BCUT2D eigenvalue weighted by Gasteiger charge is -2.09. The van der Waals surface area contributed by atoms with Crippen molar-refractivity contribution in [3.05, 3.63) is 10.4 Å². The number of nitrogens with one attached hydrogen (secondary N) is 1. The first-order valence-electron chi connectivity index (χ1n) is 5.55. The Morgan fingerprint density at radius 3 is 2.61 bits per heavy atom. The van der Waals surface area contributed by atoms with Gasteiger partial charge in [0, 0.05) is 12.1 Å². The largest absolute Gasteiger partial charge is 0.397 e. The lowest BCUT2D eigenvalue weighted by atomic mass is 10.1. The van der Waals surface area contributed by atoms with Crippen LogP contribution < -0.4 is 11.1 Å². The molecule has 0 saturated heterocycles. The third kappa shape index (κ3) is 2.88. The van der Waals surface area contributed by atoms with Crippen molar-refractivity contribution in [3.63, 3.8) is 0 Å². The zero-order valence-corrected chi connectivity index (χ0v) is 10.3. The topological polar surface area (TPSA) is 61.8 Å². The van der Waals surface area contributed by atoms with Gasteiger partial charge in [-0.15, -0.1) is 11.3 Å². The molecule has 1 aromatic rings. The lowest BCUT2D eigenvalue weighted by Crippen LogP contribution is -2.14. The highest BCUT2D eigenvalue weighted by Crippen LogP contribution is 2.50. The van der Waals surface area contributed by atoms with Crippen molar-refractivity contribution < 1.29 is 13.2 Å². The first kappa shape index (κ1) is 13.0. The number of hydrogen-bond acceptors (Lipinski definition) is 4. The summed E-state index contributed by atoms with van der Waals surface area (Å²) >= 11 is 1.14. The molecule has 0 atom stereocenters. The van der Waals surface area contributed by atoms with Crippen LogP contribution >= 0.6 is 11.3 Å². The number of nitrogens with two attached hydrogens (primary N) is 1. The molecule has 1 aliphatic rings. The smallest absolute Gasteiger partial charge is 0.390 e. The summed E-state index contributed by atoms with van der Waals surface area (Å²) in [5.41, 5.74) is 7.10. The SMILES string of the molecule is N#Cc1sc(NCCC(F)(F)F)c(C2CC2)c1N. The molecule has 18 heavy (non-hydrogen) atoms. The maximum atomic E-state index is 12.1. The van der Waals surface area contributed by atoms with E-state index in [0.29, 0.717) is 21.5 Å². The van der Waals surface area contributed by atoms with Crippen LogP contribution in [0.5, 0.6) is 0 Å². The van der Waals surface area contributed by atoms with Gasteiger partial charge in [0.15, 0.2) is 0 Å². The van der Waals surface area contributed by atoms with Crippen molar-refractivity contribution in [2.75, 3.05) is 17.6 Å². The minimum Gasteiger partial charge on any atom is -0.397 e. The Hall–Kier alpha value is -1.42. The summed E-state index contributed by atoms with van der Waals surface area (Å²) in [5.74, 6) is 0.303. The molecule has 0 aromatic carbocycles. The first-order chi connectivity index (χ1) is 8.42. The number of nitrogens with zero attached hydrogens (tertiary/aromatic N) is 1. The molecule has 1 aliphatic carbocycles. The number of anilines is 2. The predicted octanol–water partition coefficient (Wildman–Crippen LogP) is 3.44. The van der Waals surface area contributed by atoms with Crippen LogP contribution in [0, 0.1) is 11.3 Å². The predicted molar refractivity (Wildman–Crippen MR) is 64.6 cm³/mol. The molecule has 0 unspecified atom stereocenters. The molecule has 98 valence electrons. The van der Waals surface area contributed by atoms with Gasteiger partial charge in [0.25, 0.3) is 0 Å². The summed E-state index contributed by atoms with van der Waals surface area (Å²) in [6.45, 7) is -0.186. The Morgan fingerprint density at radius 2 is 2.11 bits per heavy atom. The van der Waals surface area contributed by atoms with E-state index in [2.05, 4.69) is 5.32 Å². The van der Waals surface area contributed by atoms with Crippen molar-refractivity contribution >= 4 is 22.0 Å². The maximum absolute atomic E-state index is 12.1. The summed E-state index contributed by atoms with van der Waals surface area (Å²) < 4.78 is 36.2. The summed E-state index contributed by atoms with van der Waals surface area (Å²) in [4.78, 5) is 0.381. The molecule has 1 heterocycles. The second-order valence-corrected chi connectivity index (χ2v) is 5.29. The van der Waals surface area contributed by atoms with Gasteiger partial charge in [-0.05, 0) is 18.8 Å². The van der Waals surface area contributed by atoms with E-state index in [1.165, 1.54) is 0 Å².